The van der Waals surface area contributed by atoms with Gasteiger partial charge in [-0.25, -0.2) is 0 Å². The highest BCUT2D eigenvalue weighted by molar-refractivity contribution is 5.89. The fourth-order valence-electron chi connectivity index (χ4n) is 1.05. The van der Waals surface area contributed by atoms with Gasteiger partial charge in [0.2, 0.25) is 5.89 Å². The SMILES string of the molecule is CCC(CN)c1nc(C(=O)NC)no1. The molecule has 0 aliphatic carbocycles. The summed E-state index contributed by atoms with van der Waals surface area (Å²) in [5.74, 6) is 0.149. The second-order valence-electron chi connectivity index (χ2n) is 2.88. The van der Waals surface area contributed by atoms with E-state index in [0.717, 1.165) is 6.42 Å². The Kier molecular flexibility index (Phi) is 3.58. The molecule has 6 heteroatoms. The molecular formula is C8H14N4O2. The van der Waals surface area contributed by atoms with Gasteiger partial charge in [0.1, 0.15) is 0 Å². The van der Waals surface area contributed by atoms with E-state index in [0.29, 0.717) is 12.4 Å². The third-order valence-corrected chi connectivity index (χ3v) is 2.00. The molecule has 0 aromatic carbocycles. The number of aromatic nitrogens is 2. The van der Waals surface area contributed by atoms with Crippen LogP contribution in [0.2, 0.25) is 0 Å². The lowest BCUT2D eigenvalue weighted by molar-refractivity contribution is 0.0950. The summed E-state index contributed by atoms with van der Waals surface area (Å²) in [5, 5.41) is 5.96. The zero-order valence-corrected chi connectivity index (χ0v) is 8.28. The van der Waals surface area contributed by atoms with Crippen molar-refractivity contribution < 1.29 is 9.32 Å². The average Bonchev–Trinajstić information content (AvgIpc) is 2.68. The minimum atomic E-state index is -0.355. The Hall–Kier alpha value is -1.43. The molecule has 1 heterocycles. The smallest absolute Gasteiger partial charge is 0.292 e. The molecule has 0 saturated heterocycles. The Balaban J connectivity index is 2.81. The van der Waals surface area contributed by atoms with Crippen LogP contribution in [0.5, 0.6) is 0 Å². The number of hydrogen-bond acceptors (Lipinski definition) is 5. The van der Waals surface area contributed by atoms with Crippen LogP contribution in [0.15, 0.2) is 4.52 Å². The van der Waals surface area contributed by atoms with E-state index in [2.05, 4.69) is 15.5 Å². The summed E-state index contributed by atoms with van der Waals surface area (Å²) in [6.45, 7) is 2.41. The molecule has 1 unspecified atom stereocenters. The molecule has 1 aromatic heterocycles. The van der Waals surface area contributed by atoms with Crippen molar-refractivity contribution in [2.45, 2.75) is 19.3 Å². The van der Waals surface area contributed by atoms with E-state index in [9.17, 15) is 4.79 Å². The van der Waals surface area contributed by atoms with Crippen molar-refractivity contribution in [3.8, 4) is 0 Å². The first-order valence-electron chi connectivity index (χ1n) is 4.48. The van der Waals surface area contributed by atoms with E-state index in [1.54, 1.807) is 0 Å². The van der Waals surface area contributed by atoms with Crippen molar-refractivity contribution in [2.24, 2.45) is 5.73 Å². The summed E-state index contributed by atoms with van der Waals surface area (Å²) in [7, 11) is 1.51. The maximum atomic E-state index is 11.1. The highest BCUT2D eigenvalue weighted by atomic mass is 16.5. The van der Waals surface area contributed by atoms with Gasteiger partial charge >= 0.3 is 0 Å². The molecular weight excluding hydrogens is 184 g/mol. The molecule has 0 spiro atoms. The summed E-state index contributed by atoms with van der Waals surface area (Å²) in [6.07, 6.45) is 0.811. The summed E-state index contributed by atoms with van der Waals surface area (Å²) in [6, 6.07) is 0. The number of rotatable bonds is 4. The number of nitrogens with two attached hydrogens (primary N) is 1. The third kappa shape index (κ3) is 2.08. The summed E-state index contributed by atoms with van der Waals surface area (Å²) >= 11 is 0. The fourth-order valence-corrected chi connectivity index (χ4v) is 1.05. The lowest BCUT2D eigenvalue weighted by atomic mass is 10.1. The zero-order chi connectivity index (χ0) is 10.6. The van der Waals surface area contributed by atoms with Crippen molar-refractivity contribution in [2.75, 3.05) is 13.6 Å². The van der Waals surface area contributed by atoms with Crippen LogP contribution < -0.4 is 11.1 Å². The number of hydrogen-bond donors (Lipinski definition) is 2. The maximum absolute atomic E-state index is 11.1. The third-order valence-electron chi connectivity index (χ3n) is 2.00. The second-order valence-corrected chi connectivity index (χ2v) is 2.88. The van der Waals surface area contributed by atoms with Crippen LogP contribution in [0.1, 0.15) is 35.8 Å². The van der Waals surface area contributed by atoms with Gasteiger partial charge in [0.15, 0.2) is 0 Å². The predicted molar refractivity (Wildman–Crippen MR) is 49.8 cm³/mol. The Morgan fingerprint density at radius 2 is 2.43 bits per heavy atom. The van der Waals surface area contributed by atoms with Crippen molar-refractivity contribution >= 4 is 5.91 Å². The first-order chi connectivity index (χ1) is 6.72. The molecule has 6 nitrogen and oxygen atoms in total. The molecule has 1 amide bonds. The van der Waals surface area contributed by atoms with E-state index in [1.807, 2.05) is 6.92 Å². The van der Waals surface area contributed by atoms with Crippen molar-refractivity contribution in [3.05, 3.63) is 11.7 Å². The summed E-state index contributed by atoms with van der Waals surface area (Å²) in [5.41, 5.74) is 5.50. The summed E-state index contributed by atoms with van der Waals surface area (Å²) < 4.78 is 4.93. The van der Waals surface area contributed by atoms with Gasteiger partial charge in [-0.05, 0) is 6.42 Å². The van der Waals surface area contributed by atoms with E-state index < -0.39 is 0 Å². The molecule has 1 rings (SSSR count). The van der Waals surface area contributed by atoms with Gasteiger partial charge in [0.25, 0.3) is 11.7 Å². The molecule has 1 aromatic rings. The van der Waals surface area contributed by atoms with Gasteiger partial charge in [-0.3, -0.25) is 4.79 Å². The second kappa shape index (κ2) is 4.71. The molecule has 0 radical (unpaired) electrons. The Morgan fingerprint density at radius 1 is 1.71 bits per heavy atom. The molecule has 0 fully saturated rings. The van der Waals surface area contributed by atoms with E-state index >= 15 is 0 Å². The van der Waals surface area contributed by atoms with Crippen LogP contribution in [0, 0.1) is 0 Å². The minimum absolute atomic E-state index is 0.0286. The predicted octanol–water partition coefficient (Wildman–Crippen LogP) is -0.118. The first-order valence-corrected chi connectivity index (χ1v) is 4.48. The molecule has 3 N–H and O–H groups in total. The van der Waals surface area contributed by atoms with Gasteiger partial charge in [0.05, 0.1) is 5.92 Å². The fraction of sp³-hybridized carbons (Fsp3) is 0.625. The lowest BCUT2D eigenvalue weighted by Gasteiger charge is -2.03. The molecule has 0 aliphatic heterocycles. The van der Waals surface area contributed by atoms with Gasteiger partial charge in [-0.15, -0.1) is 0 Å². The van der Waals surface area contributed by atoms with E-state index in [1.165, 1.54) is 7.05 Å². The lowest BCUT2D eigenvalue weighted by Crippen LogP contribution is -2.19. The van der Waals surface area contributed by atoms with Gasteiger partial charge in [-0.2, -0.15) is 4.98 Å². The molecule has 14 heavy (non-hydrogen) atoms. The number of nitrogens with zero attached hydrogens (tertiary/aromatic N) is 2. The normalized spacial score (nSPS) is 12.5. The minimum Gasteiger partial charge on any atom is -0.352 e. The highest BCUT2D eigenvalue weighted by Gasteiger charge is 2.18. The van der Waals surface area contributed by atoms with Crippen molar-refractivity contribution in [1.29, 1.82) is 0 Å². The topological polar surface area (TPSA) is 94.0 Å². The van der Waals surface area contributed by atoms with Crippen LogP contribution in [-0.4, -0.2) is 29.6 Å². The standard InChI is InChI=1S/C8H14N4O2/c1-3-5(4-9)8-11-6(12-14-8)7(13)10-2/h5H,3-4,9H2,1-2H3,(H,10,13). The Bertz CT molecular complexity index is 306. The van der Waals surface area contributed by atoms with Gasteiger partial charge in [-0.1, -0.05) is 12.1 Å². The van der Waals surface area contributed by atoms with E-state index in [-0.39, 0.29) is 17.6 Å². The largest absolute Gasteiger partial charge is 0.352 e. The van der Waals surface area contributed by atoms with Crippen LogP contribution >= 0.6 is 0 Å². The average molecular weight is 198 g/mol. The number of carbonyl (C=O) groups excluding carboxylic acids is 1. The first kappa shape index (κ1) is 10.6. The number of nitrogens with one attached hydrogen (secondary N) is 1. The van der Waals surface area contributed by atoms with Crippen LogP contribution in [-0.2, 0) is 0 Å². The van der Waals surface area contributed by atoms with Gasteiger partial charge in [0, 0.05) is 13.6 Å². The Labute approximate surface area is 81.9 Å². The van der Waals surface area contributed by atoms with Crippen LogP contribution in [0.25, 0.3) is 0 Å². The van der Waals surface area contributed by atoms with Crippen molar-refractivity contribution in [1.82, 2.24) is 15.5 Å². The van der Waals surface area contributed by atoms with Crippen LogP contribution in [0.3, 0.4) is 0 Å². The monoisotopic (exact) mass is 198 g/mol. The maximum Gasteiger partial charge on any atom is 0.292 e. The molecule has 0 aliphatic rings. The number of amides is 1. The zero-order valence-electron chi connectivity index (χ0n) is 8.28. The van der Waals surface area contributed by atoms with Crippen LogP contribution in [0.4, 0.5) is 0 Å². The van der Waals surface area contributed by atoms with Crippen molar-refractivity contribution in [3.63, 3.8) is 0 Å². The number of carbonyl (C=O) groups is 1. The van der Waals surface area contributed by atoms with E-state index in [4.69, 9.17) is 10.3 Å². The Morgan fingerprint density at radius 3 is 2.93 bits per heavy atom. The van der Waals surface area contributed by atoms with Gasteiger partial charge < -0.3 is 15.6 Å². The summed E-state index contributed by atoms with van der Waals surface area (Å²) in [4.78, 5) is 15.1. The molecule has 0 bridgehead atoms. The molecule has 0 saturated carbocycles. The highest BCUT2D eigenvalue weighted by Crippen LogP contribution is 2.15. The molecule has 1 atom stereocenters. The quantitative estimate of drug-likeness (QED) is 0.703. The molecule has 78 valence electrons.